The summed E-state index contributed by atoms with van der Waals surface area (Å²) in [5, 5.41) is 4.20. The predicted octanol–water partition coefficient (Wildman–Crippen LogP) is 5.61. The number of halogens is 1. The Morgan fingerprint density at radius 3 is 2.76 bits per heavy atom. The monoisotopic (exact) mass is 735 g/mol. The van der Waals surface area contributed by atoms with E-state index in [1.807, 2.05) is 31.2 Å². The first kappa shape index (κ1) is 35.7. The molecule has 6 aliphatic rings. The second kappa shape index (κ2) is 14.5. The summed E-state index contributed by atoms with van der Waals surface area (Å²) in [6.07, 6.45) is 9.00. The van der Waals surface area contributed by atoms with Gasteiger partial charge in [0, 0.05) is 86.2 Å². The van der Waals surface area contributed by atoms with Gasteiger partial charge in [0.25, 0.3) is 5.91 Å². The van der Waals surface area contributed by atoms with Crippen molar-refractivity contribution >= 4 is 38.8 Å². The molecule has 2 saturated heterocycles. The Morgan fingerprint density at radius 2 is 1.92 bits per heavy atom. The SMILES string of the molecule is C=S1(=O)NC(=O)c2ccc3c(c2)N(C[C@@H]2CC[C@H]2[C@H](CN2CCN4CCNC[C@@H]4C2)CCC[C@H](C)[C@H]1C)C[C@@]1(CCCc2cc(Cl)ccc21)CO3. The molecule has 4 aliphatic heterocycles. The highest BCUT2D eigenvalue weighted by Gasteiger charge is 2.45. The van der Waals surface area contributed by atoms with E-state index in [2.05, 4.69) is 49.7 Å². The number of aryl methyl sites for hydroxylation is 1. The number of nitrogens with zero attached hydrogens (tertiary/aromatic N) is 3. The van der Waals surface area contributed by atoms with E-state index < -0.39 is 9.71 Å². The average molecular weight is 736 g/mol. The third-order valence-electron chi connectivity index (χ3n) is 13.9. The molecule has 1 amide bonds. The van der Waals surface area contributed by atoms with Gasteiger partial charge in [0.05, 0.1) is 22.0 Å². The molecule has 3 fully saturated rings. The first-order valence-corrected chi connectivity index (χ1v) is 21.9. The van der Waals surface area contributed by atoms with Crippen molar-refractivity contribution in [3.63, 3.8) is 0 Å². The molecule has 1 saturated carbocycles. The van der Waals surface area contributed by atoms with Crippen LogP contribution in [0.15, 0.2) is 36.4 Å². The van der Waals surface area contributed by atoms with Gasteiger partial charge in [0.15, 0.2) is 0 Å². The lowest BCUT2D eigenvalue weighted by Crippen LogP contribution is -2.61. The lowest BCUT2D eigenvalue weighted by Gasteiger charge is -2.49. The van der Waals surface area contributed by atoms with Crippen molar-refractivity contribution in [3.8, 4) is 5.75 Å². The average Bonchev–Trinajstić information content (AvgIpc) is 3.25. The van der Waals surface area contributed by atoms with Crippen LogP contribution in [0.4, 0.5) is 5.69 Å². The molecule has 8 atom stereocenters. The maximum atomic E-state index is 14.0. The van der Waals surface area contributed by atoms with Crippen LogP contribution in [0.5, 0.6) is 5.75 Å². The van der Waals surface area contributed by atoms with Crippen molar-refractivity contribution < 1.29 is 13.7 Å². The molecule has 0 radical (unpaired) electrons. The fourth-order valence-corrected chi connectivity index (χ4v) is 12.2. The fourth-order valence-electron chi connectivity index (χ4n) is 10.5. The van der Waals surface area contributed by atoms with Gasteiger partial charge in [0.1, 0.15) is 5.75 Å². The highest BCUT2D eigenvalue weighted by Crippen LogP contribution is 2.48. The van der Waals surface area contributed by atoms with E-state index in [4.69, 9.17) is 16.3 Å². The number of amides is 1. The first-order chi connectivity index (χ1) is 24.6. The van der Waals surface area contributed by atoms with Crippen LogP contribution in [0, 0.1) is 23.7 Å². The molecule has 1 spiro atoms. The highest BCUT2D eigenvalue weighted by molar-refractivity contribution is 7.99. The van der Waals surface area contributed by atoms with Crippen molar-refractivity contribution in [1.29, 1.82) is 0 Å². The number of nitrogens with one attached hydrogen (secondary N) is 2. The number of carbonyl (C=O) groups excluding carboxylic acids is 1. The molecule has 2 aromatic rings. The largest absolute Gasteiger partial charge is 0.490 e. The molecular formula is C41H58ClN5O3S. The predicted molar refractivity (Wildman–Crippen MR) is 210 cm³/mol. The number of hydrogen-bond acceptors (Lipinski definition) is 7. The molecule has 51 heavy (non-hydrogen) atoms. The van der Waals surface area contributed by atoms with E-state index in [1.54, 1.807) is 0 Å². The normalized spacial score (nSPS) is 36.5. The minimum absolute atomic E-state index is 0.167. The van der Waals surface area contributed by atoms with E-state index in [-0.39, 0.29) is 22.5 Å². The first-order valence-electron chi connectivity index (χ1n) is 19.7. The molecule has 1 unspecified atom stereocenters. The number of ether oxygens (including phenoxy) is 1. The van der Waals surface area contributed by atoms with Crippen molar-refractivity contribution in [1.82, 2.24) is 19.8 Å². The van der Waals surface area contributed by atoms with E-state index >= 15 is 0 Å². The molecule has 2 aliphatic carbocycles. The summed E-state index contributed by atoms with van der Waals surface area (Å²) in [7, 11) is -2.87. The van der Waals surface area contributed by atoms with Crippen LogP contribution in [-0.4, -0.2) is 103 Å². The van der Waals surface area contributed by atoms with Crippen molar-refractivity contribution in [2.24, 2.45) is 23.7 Å². The summed E-state index contributed by atoms with van der Waals surface area (Å²) in [6.45, 7) is 14.6. The Morgan fingerprint density at radius 1 is 1.04 bits per heavy atom. The standard InChI is InChI=1S/C41H58ClN5O3S/c1-28-6-4-7-32(23-45-18-19-46-17-16-43-22-35(46)25-45)36-12-9-33(36)24-47-26-41(15-5-8-30-20-34(42)11-13-37(30)41)27-50-39-14-10-31(21-38(39)47)40(48)44-51(3,49)29(28)2/h10-11,13-14,20-21,28-29,32-33,35-36,43H,3-9,12,15-19,22-27H2,1-2H3,(H,44,48,49)/t28-,29+,32-,33-,35+,36-,41-,51?/m0/s1. The molecule has 4 heterocycles. The van der Waals surface area contributed by atoms with Gasteiger partial charge in [-0.2, -0.15) is 0 Å². The molecular weight excluding hydrogens is 678 g/mol. The van der Waals surface area contributed by atoms with Gasteiger partial charge in [-0.05, 0) is 123 Å². The molecule has 278 valence electrons. The van der Waals surface area contributed by atoms with Gasteiger partial charge in [-0.25, -0.2) is 4.21 Å². The maximum absolute atomic E-state index is 14.0. The van der Waals surface area contributed by atoms with Crippen LogP contribution < -0.4 is 19.7 Å². The quantitative estimate of drug-likeness (QED) is 0.389. The van der Waals surface area contributed by atoms with Crippen LogP contribution in [0.25, 0.3) is 0 Å². The van der Waals surface area contributed by atoms with Crippen molar-refractivity contribution in [3.05, 3.63) is 58.1 Å². The number of fused-ring (bicyclic) bond motifs is 5. The lowest BCUT2D eigenvalue weighted by atomic mass is 9.65. The Balaban J connectivity index is 1.14. The third-order valence-corrected chi connectivity index (χ3v) is 16.3. The lowest BCUT2D eigenvalue weighted by molar-refractivity contribution is 0.0207. The van der Waals surface area contributed by atoms with Gasteiger partial charge in [-0.1, -0.05) is 31.0 Å². The Hall–Kier alpha value is -2.30. The van der Waals surface area contributed by atoms with Gasteiger partial charge in [-0.3, -0.25) is 14.4 Å². The summed E-state index contributed by atoms with van der Waals surface area (Å²) >= 11 is 6.52. The van der Waals surface area contributed by atoms with Gasteiger partial charge >= 0.3 is 0 Å². The Labute approximate surface area is 311 Å². The Bertz CT molecular complexity index is 1720. The minimum atomic E-state index is -2.87. The molecule has 10 heteroatoms. The van der Waals surface area contributed by atoms with Gasteiger partial charge < -0.3 is 19.9 Å². The number of carbonyl (C=O) groups is 1. The zero-order valence-electron chi connectivity index (χ0n) is 30.7. The van der Waals surface area contributed by atoms with Crippen LogP contribution in [0.3, 0.4) is 0 Å². The number of anilines is 1. The Kier molecular flexibility index (Phi) is 10.2. The zero-order valence-corrected chi connectivity index (χ0v) is 32.3. The van der Waals surface area contributed by atoms with E-state index in [1.165, 1.54) is 50.0 Å². The van der Waals surface area contributed by atoms with Crippen LogP contribution >= 0.6 is 11.6 Å². The molecule has 2 bridgehead atoms. The van der Waals surface area contributed by atoms with Crippen molar-refractivity contribution in [2.45, 2.75) is 81.9 Å². The summed E-state index contributed by atoms with van der Waals surface area (Å²) in [5.41, 5.74) is 4.01. The number of hydrogen-bond donors (Lipinski definition) is 2. The second-order valence-corrected chi connectivity index (χ2v) is 19.8. The number of benzene rings is 2. The second-order valence-electron chi connectivity index (χ2n) is 17.0. The summed E-state index contributed by atoms with van der Waals surface area (Å²) in [4.78, 5) is 21.8. The molecule has 0 aromatic heterocycles. The fraction of sp³-hybridized carbons (Fsp3) is 0.659. The topological polar surface area (TPSA) is 77.2 Å². The van der Waals surface area contributed by atoms with Crippen LogP contribution in [-0.2, 0) is 21.5 Å². The summed E-state index contributed by atoms with van der Waals surface area (Å²) in [6, 6.07) is 12.8. The molecule has 2 aromatic carbocycles. The van der Waals surface area contributed by atoms with E-state index in [0.29, 0.717) is 36.0 Å². The third kappa shape index (κ3) is 7.19. The summed E-state index contributed by atoms with van der Waals surface area (Å²) < 4.78 is 23.7. The molecule has 8 nitrogen and oxygen atoms in total. The number of rotatable bonds is 2. The molecule has 2 N–H and O–H groups in total. The molecule has 8 rings (SSSR count). The van der Waals surface area contributed by atoms with Gasteiger partial charge in [0.2, 0.25) is 0 Å². The number of piperazine rings is 2. The summed E-state index contributed by atoms with van der Waals surface area (Å²) in [5.74, 6) is 6.69. The minimum Gasteiger partial charge on any atom is -0.490 e. The maximum Gasteiger partial charge on any atom is 0.262 e. The van der Waals surface area contributed by atoms with Crippen LogP contribution in [0.2, 0.25) is 5.02 Å². The van der Waals surface area contributed by atoms with E-state index in [9.17, 15) is 9.00 Å². The zero-order chi connectivity index (χ0) is 35.3. The van der Waals surface area contributed by atoms with E-state index in [0.717, 1.165) is 87.8 Å². The van der Waals surface area contributed by atoms with Crippen molar-refractivity contribution in [2.75, 3.05) is 70.4 Å². The van der Waals surface area contributed by atoms with Gasteiger partial charge in [-0.15, -0.1) is 0 Å². The highest BCUT2D eigenvalue weighted by atomic mass is 35.5. The smallest absolute Gasteiger partial charge is 0.262 e. The van der Waals surface area contributed by atoms with Crippen LogP contribution in [0.1, 0.15) is 80.3 Å².